The lowest BCUT2D eigenvalue weighted by molar-refractivity contribution is -0.117. The predicted octanol–water partition coefficient (Wildman–Crippen LogP) is 1.06. The Hall–Kier alpha value is -2.30. The van der Waals surface area contributed by atoms with Gasteiger partial charge in [-0.15, -0.1) is 0 Å². The van der Waals surface area contributed by atoms with Crippen LogP contribution in [0.5, 0.6) is 0 Å². The van der Waals surface area contributed by atoms with Crippen molar-refractivity contribution in [3.8, 4) is 0 Å². The van der Waals surface area contributed by atoms with E-state index < -0.39 is 0 Å². The number of nitrogens with zero attached hydrogens (tertiary/aromatic N) is 2. The molecule has 0 fully saturated rings. The van der Waals surface area contributed by atoms with Crippen molar-refractivity contribution in [3.63, 3.8) is 0 Å². The number of aromatic nitrogens is 2. The molecule has 0 aliphatic heterocycles. The molecule has 18 heavy (non-hydrogen) atoms. The highest BCUT2D eigenvalue weighted by molar-refractivity contribution is 5.76. The van der Waals surface area contributed by atoms with Crippen LogP contribution >= 0.6 is 0 Å². The number of hydrogen-bond acceptors (Lipinski definition) is 3. The van der Waals surface area contributed by atoms with Crippen molar-refractivity contribution in [2.45, 2.75) is 13.0 Å². The van der Waals surface area contributed by atoms with Crippen molar-refractivity contribution in [1.29, 1.82) is 0 Å². The number of carbonyl (C=O) groups is 1. The van der Waals surface area contributed by atoms with Gasteiger partial charge in [-0.2, -0.15) is 0 Å². The highest BCUT2D eigenvalue weighted by Crippen LogP contribution is 2.11. The third-order valence-electron chi connectivity index (χ3n) is 2.72. The zero-order valence-corrected chi connectivity index (χ0v) is 10.3. The number of anilines is 1. The Morgan fingerprint density at radius 2 is 2.11 bits per heavy atom. The molecule has 0 aliphatic carbocycles. The highest BCUT2D eigenvalue weighted by atomic mass is 16.1. The molecule has 0 saturated heterocycles. The van der Waals surface area contributed by atoms with Gasteiger partial charge in [0.2, 0.25) is 5.91 Å². The second-order valence-corrected chi connectivity index (χ2v) is 4.19. The number of benzene rings is 1. The molecule has 0 unspecified atom stereocenters. The molecule has 5 nitrogen and oxygen atoms in total. The summed E-state index contributed by atoms with van der Waals surface area (Å²) >= 11 is 0. The summed E-state index contributed by atoms with van der Waals surface area (Å²) in [6, 6.07) is 7.68. The maximum Gasteiger partial charge on any atom is 0.221 e. The first kappa shape index (κ1) is 12.2. The molecule has 2 aromatic rings. The minimum Gasteiger partial charge on any atom is -0.379 e. The normalized spacial score (nSPS) is 10.3. The monoisotopic (exact) mass is 244 g/mol. The SMILES string of the molecule is Cn1cncc1CNc1ccc(CC(N)=O)cc1. The van der Waals surface area contributed by atoms with Gasteiger partial charge < -0.3 is 15.6 Å². The summed E-state index contributed by atoms with van der Waals surface area (Å²) in [7, 11) is 1.96. The fourth-order valence-electron chi connectivity index (χ4n) is 1.69. The van der Waals surface area contributed by atoms with E-state index in [9.17, 15) is 4.79 Å². The first-order valence-electron chi connectivity index (χ1n) is 5.71. The average molecular weight is 244 g/mol. The Morgan fingerprint density at radius 1 is 1.39 bits per heavy atom. The van der Waals surface area contributed by atoms with Gasteiger partial charge in [-0.25, -0.2) is 4.98 Å². The van der Waals surface area contributed by atoms with Crippen LogP contribution < -0.4 is 11.1 Å². The quantitative estimate of drug-likeness (QED) is 0.826. The fourth-order valence-corrected chi connectivity index (χ4v) is 1.69. The van der Waals surface area contributed by atoms with Gasteiger partial charge >= 0.3 is 0 Å². The molecule has 1 aromatic carbocycles. The van der Waals surface area contributed by atoms with E-state index in [2.05, 4.69) is 10.3 Å². The van der Waals surface area contributed by atoms with Crippen LogP contribution in [0.3, 0.4) is 0 Å². The Labute approximate surface area is 106 Å². The van der Waals surface area contributed by atoms with E-state index in [-0.39, 0.29) is 12.3 Å². The standard InChI is InChI=1S/C13H16N4O/c1-17-9-15-7-12(17)8-16-11-4-2-10(3-5-11)6-13(14)18/h2-5,7,9,16H,6,8H2,1H3,(H2,14,18). The van der Waals surface area contributed by atoms with Gasteiger partial charge in [0.15, 0.2) is 0 Å². The molecule has 5 heteroatoms. The zero-order chi connectivity index (χ0) is 13.0. The predicted molar refractivity (Wildman–Crippen MR) is 69.9 cm³/mol. The lowest BCUT2D eigenvalue weighted by atomic mass is 10.1. The summed E-state index contributed by atoms with van der Waals surface area (Å²) in [5.41, 5.74) is 8.17. The first-order chi connectivity index (χ1) is 8.65. The lowest BCUT2D eigenvalue weighted by Crippen LogP contribution is -2.13. The Kier molecular flexibility index (Phi) is 3.62. The van der Waals surface area contributed by atoms with E-state index in [0.29, 0.717) is 6.54 Å². The van der Waals surface area contributed by atoms with E-state index in [1.807, 2.05) is 42.1 Å². The molecule has 0 spiro atoms. The molecular weight excluding hydrogens is 228 g/mol. The van der Waals surface area contributed by atoms with Crippen LogP contribution in [0, 0.1) is 0 Å². The molecule has 1 amide bonds. The Balaban J connectivity index is 1.94. The molecule has 1 aromatic heterocycles. The van der Waals surface area contributed by atoms with E-state index >= 15 is 0 Å². The van der Waals surface area contributed by atoms with Gasteiger partial charge in [0.25, 0.3) is 0 Å². The van der Waals surface area contributed by atoms with Crippen LogP contribution in [0.2, 0.25) is 0 Å². The number of nitrogens with one attached hydrogen (secondary N) is 1. The molecule has 0 aliphatic rings. The molecule has 3 N–H and O–H groups in total. The molecule has 0 bridgehead atoms. The summed E-state index contributed by atoms with van der Waals surface area (Å²) in [4.78, 5) is 14.8. The fraction of sp³-hybridized carbons (Fsp3) is 0.231. The molecule has 1 heterocycles. The number of aryl methyl sites for hydroxylation is 1. The Morgan fingerprint density at radius 3 is 2.67 bits per heavy atom. The second-order valence-electron chi connectivity index (χ2n) is 4.19. The van der Waals surface area contributed by atoms with Crippen molar-refractivity contribution in [1.82, 2.24) is 9.55 Å². The summed E-state index contributed by atoms with van der Waals surface area (Å²) in [6.45, 7) is 0.714. The van der Waals surface area contributed by atoms with Crippen molar-refractivity contribution in [3.05, 3.63) is 48.0 Å². The molecule has 2 rings (SSSR count). The minimum atomic E-state index is -0.314. The third-order valence-corrected chi connectivity index (χ3v) is 2.72. The van der Waals surface area contributed by atoms with Crippen molar-refractivity contribution in [2.75, 3.05) is 5.32 Å². The molecular formula is C13H16N4O. The van der Waals surface area contributed by atoms with Gasteiger partial charge in [0, 0.05) is 18.9 Å². The van der Waals surface area contributed by atoms with E-state index in [1.165, 1.54) is 0 Å². The smallest absolute Gasteiger partial charge is 0.221 e. The van der Waals surface area contributed by atoms with Gasteiger partial charge in [-0.1, -0.05) is 12.1 Å². The largest absolute Gasteiger partial charge is 0.379 e. The number of amides is 1. The molecule has 0 atom stereocenters. The first-order valence-corrected chi connectivity index (χ1v) is 5.71. The topological polar surface area (TPSA) is 72.9 Å². The van der Waals surface area contributed by atoms with Crippen LogP contribution in [0.25, 0.3) is 0 Å². The van der Waals surface area contributed by atoms with E-state index in [4.69, 9.17) is 5.73 Å². The number of imidazole rings is 1. The second kappa shape index (κ2) is 5.35. The molecule has 94 valence electrons. The number of rotatable bonds is 5. The van der Waals surface area contributed by atoms with E-state index in [0.717, 1.165) is 16.9 Å². The van der Waals surface area contributed by atoms with Crippen LogP contribution in [-0.4, -0.2) is 15.5 Å². The van der Waals surface area contributed by atoms with Crippen LogP contribution in [-0.2, 0) is 24.8 Å². The number of hydrogen-bond donors (Lipinski definition) is 2. The van der Waals surface area contributed by atoms with Crippen molar-refractivity contribution >= 4 is 11.6 Å². The number of carbonyl (C=O) groups excluding carboxylic acids is 1. The summed E-state index contributed by atoms with van der Waals surface area (Å²) < 4.78 is 1.97. The van der Waals surface area contributed by atoms with Crippen molar-refractivity contribution in [2.24, 2.45) is 12.8 Å². The number of primary amides is 1. The van der Waals surface area contributed by atoms with Crippen molar-refractivity contribution < 1.29 is 4.79 Å². The lowest BCUT2D eigenvalue weighted by Gasteiger charge is -2.07. The van der Waals surface area contributed by atoms with Gasteiger partial charge in [-0.05, 0) is 17.7 Å². The average Bonchev–Trinajstić information content (AvgIpc) is 2.73. The molecule has 0 radical (unpaired) electrons. The Bertz CT molecular complexity index is 530. The van der Waals surface area contributed by atoms with Gasteiger partial charge in [-0.3, -0.25) is 4.79 Å². The van der Waals surface area contributed by atoms with Crippen LogP contribution in [0.4, 0.5) is 5.69 Å². The minimum absolute atomic E-state index is 0.280. The number of nitrogens with two attached hydrogens (primary N) is 1. The summed E-state index contributed by atoms with van der Waals surface area (Å²) in [5, 5.41) is 3.29. The zero-order valence-electron chi connectivity index (χ0n) is 10.3. The maximum absolute atomic E-state index is 10.8. The summed E-state index contributed by atoms with van der Waals surface area (Å²) in [5.74, 6) is -0.314. The van der Waals surface area contributed by atoms with Crippen LogP contribution in [0.1, 0.15) is 11.3 Å². The van der Waals surface area contributed by atoms with E-state index in [1.54, 1.807) is 6.33 Å². The van der Waals surface area contributed by atoms with Gasteiger partial charge in [0.05, 0.1) is 25.0 Å². The van der Waals surface area contributed by atoms with Gasteiger partial charge in [0.1, 0.15) is 0 Å². The molecule has 0 saturated carbocycles. The summed E-state index contributed by atoms with van der Waals surface area (Å²) in [6.07, 6.45) is 3.88. The maximum atomic E-state index is 10.8. The third kappa shape index (κ3) is 3.10. The van der Waals surface area contributed by atoms with Crippen LogP contribution in [0.15, 0.2) is 36.8 Å². The highest BCUT2D eigenvalue weighted by Gasteiger charge is 2.00.